The minimum atomic E-state index is 0.130. The monoisotopic (exact) mass is 209 g/mol. The van der Waals surface area contributed by atoms with Crippen molar-refractivity contribution in [3.05, 3.63) is 29.8 Å². The van der Waals surface area contributed by atoms with Crippen LogP contribution in [0.3, 0.4) is 0 Å². The van der Waals surface area contributed by atoms with Crippen LogP contribution < -0.4 is 5.73 Å². The molecule has 0 saturated heterocycles. The second kappa shape index (κ2) is 4.26. The zero-order valence-corrected chi connectivity index (χ0v) is 10.2. The van der Waals surface area contributed by atoms with Crippen LogP contribution in [0.25, 0.3) is 0 Å². The van der Waals surface area contributed by atoms with Crippen molar-refractivity contribution in [2.75, 3.05) is 12.0 Å². The maximum absolute atomic E-state index is 5.99. The van der Waals surface area contributed by atoms with E-state index in [1.54, 1.807) is 0 Å². The summed E-state index contributed by atoms with van der Waals surface area (Å²) in [6.45, 7) is 6.75. The molecule has 0 aliphatic rings. The zero-order chi connectivity index (χ0) is 10.8. The third-order valence-corrected chi connectivity index (χ3v) is 4.32. The Morgan fingerprint density at radius 2 is 1.86 bits per heavy atom. The fourth-order valence-corrected chi connectivity index (χ4v) is 2.31. The first-order valence-corrected chi connectivity index (χ1v) is 6.16. The molecule has 0 bridgehead atoms. The average molecular weight is 209 g/mol. The lowest BCUT2D eigenvalue weighted by atomic mass is 9.81. The highest BCUT2D eigenvalue weighted by Gasteiger charge is 2.28. The minimum Gasteiger partial charge on any atom is -0.398 e. The molecule has 0 amide bonds. The summed E-state index contributed by atoms with van der Waals surface area (Å²) in [6.07, 6.45) is 2.14. The van der Waals surface area contributed by atoms with Crippen LogP contribution in [0.4, 0.5) is 5.69 Å². The fraction of sp³-hybridized carbons (Fsp3) is 0.500. The van der Waals surface area contributed by atoms with E-state index >= 15 is 0 Å². The lowest BCUT2D eigenvalue weighted by Crippen LogP contribution is -2.29. The molecule has 0 heterocycles. The molecule has 1 aromatic carbocycles. The van der Waals surface area contributed by atoms with Gasteiger partial charge in [0.25, 0.3) is 0 Å². The largest absolute Gasteiger partial charge is 0.398 e. The Balaban J connectivity index is 3.09. The van der Waals surface area contributed by atoms with Gasteiger partial charge in [-0.2, -0.15) is 11.8 Å². The van der Waals surface area contributed by atoms with Crippen LogP contribution in [0, 0.1) is 0 Å². The standard InChI is InChI=1S/C12H19NS/c1-9(14-4)12(2,3)10-7-5-6-8-11(10)13/h5-9H,13H2,1-4H3. The van der Waals surface area contributed by atoms with E-state index < -0.39 is 0 Å². The zero-order valence-electron chi connectivity index (χ0n) is 9.37. The first-order valence-electron chi connectivity index (χ1n) is 4.88. The molecule has 0 fully saturated rings. The van der Waals surface area contributed by atoms with Gasteiger partial charge in [-0.05, 0) is 17.9 Å². The summed E-state index contributed by atoms with van der Waals surface area (Å²) in [5.74, 6) is 0. The van der Waals surface area contributed by atoms with Gasteiger partial charge < -0.3 is 5.73 Å². The molecule has 1 nitrogen and oxygen atoms in total. The lowest BCUT2D eigenvalue weighted by Gasteiger charge is -2.32. The van der Waals surface area contributed by atoms with Gasteiger partial charge >= 0.3 is 0 Å². The van der Waals surface area contributed by atoms with Gasteiger partial charge in [-0.3, -0.25) is 0 Å². The molecule has 1 atom stereocenters. The minimum absolute atomic E-state index is 0.130. The third-order valence-electron chi connectivity index (χ3n) is 3.02. The van der Waals surface area contributed by atoms with Crippen LogP contribution in [0.2, 0.25) is 0 Å². The van der Waals surface area contributed by atoms with Crippen LogP contribution in [-0.2, 0) is 5.41 Å². The predicted octanol–water partition coefficient (Wildman–Crippen LogP) is 3.30. The molecule has 78 valence electrons. The van der Waals surface area contributed by atoms with Crippen molar-refractivity contribution >= 4 is 17.4 Å². The van der Waals surface area contributed by atoms with E-state index in [1.807, 2.05) is 23.9 Å². The first-order chi connectivity index (χ1) is 6.50. The van der Waals surface area contributed by atoms with E-state index in [2.05, 4.69) is 39.2 Å². The molecule has 0 radical (unpaired) electrons. The second-order valence-corrected chi connectivity index (χ2v) is 5.37. The van der Waals surface area contributed by atoms with Crippen LogP contribution in [0.15, 0.2) is 24.3 Å². The van der Waals surface area contributed by atoms with Crippen molar-refractivity contribution in [2.24, 2.45) is 0 Å². The smallest absolute Gasteiger partial charge is 0.0352 e. The number of nitrogens with two attached hydrogens (primary N) is 1. The topological polar surface area (TPSA) is 26.0 Å². The number of hydrogen-bond donors (Lipinski definition) is 1. The van der Waals surface area contributed by atoms with Gasteiger partial charge in [0.15, 0.2) is 0 Å². The Hall–Kier alpha value is -0.630. The Labute approximate surface area is 91.1 Å². The highest BCUT2D eigenvalue weighted by atomic mass is 32.2. The van der Waals surface area contributed by atoms with Crippen LogP contribution in [-0.4, -0.2) is 11.5 Å². The number of hydrogen-bond acceptors (Lipinski definition) is 2. The lowest BCUT2D eigenvalue weighted by molar-refractivity contribution is 0.523. The summed E-state index contributed by atoms with van der Waals surface area (Å²) in [5, 5.41) is 0.562. The number of para-hydroxylation sites is 1. The molecule has 0 saturated carbocycles. The molecule has 0 aromatic heterocycles. The number of benzene rings is 1. The van der Waals surface area contributed by atoms with Gasteiger partial charge in [0.05, 0.1) is 0 Å². The van der Waals surface area contributed by atoms with Gasteiger partial charge in [-0.25, -0.2) is 0 Å². The van der Waals surface area contributed by atoms with Crippen molar-refractivity contribution in [2.45, 2.75) is 31.4 Å². The van der Waals surface area contributed by atoms with E-state index in [-0.39, 0.29) is 5.41 Å². The summed E-state index contributed by atoms with van der Waals surface area (Å²) in [5.41, 5.74) is 8.27. The second-order valence-electron chi connectivity index (χ2n) is 4.19. The average Bonchev–Trinajstić information content (AvgIpc) is 2.17. The van der Waals surface area contributed by atoms with Crippen molar-refractivity contribution < 1.29 is 0 Å². The van der Waals surface area contributed by atoms with Crippen LogP contribution in [0.5, 0.6) is 0 Å². The maximum Gasteiger partial charge on any atom is 0.0352 e. The number of anilines is 1. The summed E-state index contributed by atoms with van der Waals surface area (Å²) in [6, 6.07) is 8.14. The molecular formula is C12H19NS. The first kappa shape index (κ1) is 11.4. The Bertz CT molecular complexity index is 307. The summed E-state index contributed by atoms with van der Waals surface area (Å²) < 4.78 is 0. The molecule has 2 N–H and O–H groups in total. The molecule has 1 aromatic rings. The number of rotatable bonds is 3. The van der Waals surface area contributed by atoms with Gasteiger partial charge in [0.1, 0.15) is 0 Å². The van der Waals surface area contributed by atoms with Gasteiger partial charge in [-0.15, -0.1) is 0 Å². The van der Waals surface area contributed by atoms with E-state index in [0.717, 1.165) is 5.69 Å². The van der Waals surface area contributed by atoms with E-state index in [9.17, 15) is 0 Å². The van der Waals surface area contributed by atoms with Gasteiger partial charge in [0, 0.05) is 16.4 Å². The Kier molecular flexibility index (Phi) is 3.48. The van der Waals surface area contributed by atoms with E-state index in [1.165, 1.54) is 5.56 Å². The van der Waals surface area contributed by atoms with Crippen LogP contribution in [0.1, 0.15) is 26.3 Å². The van der Waals surface area contributed by atoms with Crippen molar-refractivity contribution in [1.82, 2.24) is 0 Å². The predicted molar refractivity (Wildman–Crippen MR) is 66.9 cm³/mol. The highest BCUT2D eigenvalue weighted by Crippen LogP contribution is 2.36. The molecule has 0 aliphatic heterocycles. The Morgan fingerprint density at radius 3 is 2.36 bits per heavy atom. The SMILES string of the molecule is CSC(C)C(C)(C)c1ccccc1N. The normalized spacial score (nSPS) is 14.0. The molecule has 2 heteroatoms. The van der Waals surface area contributed by atoms with E-state index in [0.29, 0.717) is 5.25 Å². The number of nitrogen functional groups attached to an aromatic ring is 1. The fourth-order valence-electron chi connectivity index (χ4n) is 1.60. The van der Waals surface area contributed by atoms with Crippen molar-refractivity contribution in [3.63, 3.8) is 0 Å². The molecular weight excluding hydrogens is 190 g/mol. The molecule has 14 heavy (non-hydrogen) atoms. The highest BCUT2D eigenvalue weighted by molar-refractivity contribution is 7.99. The maximum atomic E-state index is 5.99. The molecule has 1 rings (SSSR count). The van der Waals surface area contributed by atoms with Crippen molar-refractivity contribution in [3.8, 4) is 0 Å². The van der Waals surface area contributed by atoms with Crippen LogP contribution >= 0.6 is 11.8 Å². The van der Waals surface area contributed by atoms with E-state index in [4.69, 9.17) is 5.73 Å². The number of thioether (sulfide) groups is 1. The van der Waals surface area contributed by atoms with Crippen molar-refractivity contribution in [1.29, 1.82) is 0 Å². The third kappa shape index (κ3) is 2.06. The van der Waals surface area contributed by atoms with Gasteiger partial charge in [-0.1, -0.05) is 39.0 Å². The molecule has 1 unspecified atom stereocenters. The van der Waals surface area contributed by atoms with Gasteiger partial charge in [0.2, 0.25) is 0 Å². The summed E-state index contributed by atoms with van der Waals surface area (Å²) in [7, 11) is 0. The Morgan fingerprint density at radius 1 is 1.29 bits per heavy atom. The summed E-state index contributed by atoms with van der Waals surface area (Å²) in [4.78, 5) is 0. The molecule has 0 aliphatic carbocycles. The molecule has 0 spiro atoms. The quantitative estimate of drug-likeness (QED) is 0.773. The summed E-state index contributed by atoms with van der Waals surface area (Å²) >= 11 is 1.88.